The topological polar surface area (TPSA) is 48.7 Å². The molecule has 3 nitrogen and oxygen atoms in total. The molecule has 1 heterocycles. The smallest absolute Gasteiger partial charge is 0.128 e. The fourth-order valence-electron chi connectivity index (χ4n) is 1.61. The normalized spacial score (nSPS) is 9.83. The summed E-state index contributed by atoms with van der Waals surface area (Å²) in [5.41, 5.74) is 1.80. The molecular formula is C14H12FN3. The first-order chi connectivity index (χ1) is 8.69. The summed E-state index contributed by atoms with van der Waals surface area (Å²) in [6.45, 7) is 2.19. The number of nitriles is 1. The number of hydrogen-bond acceptors (Lipinski definition) is 3. The van der Waals surface area contributed by atoms with Crippen molar-refractivity contribution in [1.29, 1.82) is 5.26 Å². The first-order valence-electron chi connectivity index (χ1n) is 5.55. The quantitative estimate of drug-likeness (QED) is 0.898. The minimum absolute atomic E-state index is 0.303. The van der Waals surface area contributed by atoms with Crippen molar-refractivity contribution in [1.82, 2.24) is 4.98 Å². The molecule has 90 valence electrons. The number of nitrogens with zero attached hydrogens (tertiary/aromatic N) is 2. The maximum atomic E-state index is 13.5. The van der Waals surface area contributed by atoms with Gasteiger partial charge in [0.25, 0.3) is 0 Å². The van der Waals surface area contributed by atoms with Gasteiger partial charge in [-0.1, -0.05) is 6.07 Å². The highest BCUT2D eigenvalue weighted by Crippen LogP contribution is 2.12. The molecule has 2 aromatic rings. The number of aromatic nitrogens is 1. The summed E-state index contributed by atoms with van der Waals surface area (Å²) >= 11 is 0. The van der Waals surface area contributed by atoms with Gasteiger partial charge in [-0.25, -0.2) is 9.37 Å². The summed E-state index contributed by atoms with van der Waals surface area (Å²) in [6.07, 6.45) is 0. The van der Waals surface area contributed by atoms with Crippen molar-refractivity contribution in [3.8, 4) is 6.07 Å². The molecule has 2 rings (SSSR count). The van der Waals surface area contributed by atoms with E-state index in [2.05, 4.69) is 10.3 Å². The minimum Gasteiger partial charge on any atom is -0.366 e. The SMILES string of the molecule is Cc1cccc(NCc2cc(C#N)ccc2F)n1. The molecule has 0 radical (unpaired) electrons. The molecule has 0 aliphatic rings. The van der Waals surface area contributed by atoms with Crippen LogP contribution in [0.4, 0.5) is 10.2 Å². The summed E-state index contributed by atoms with van der Waals surface area (Å²) in [6, 6.07) is 11.9. The second-order valence-electron chi connectivity index (χ2n) is 3.94. The molecule has 0 saturated carbocycles. The molecule has 0 aliphatic carbocycles. The van der Waals surface area contributed by atoms with Crippen LogP contribution in [0.5, 0.6) is 0 Å². The van der Waals surface area contributed by atoms with Gasteiger partial charge in [-0.3, -0.25) is 0 Å². The molecule has 0 bridgehead atoms. The number of rotatable bonds is 3. The van der Waals surface area contributed by atoms with Gasteiger partial charge in [0.1, 0.15) is 11.6 Å². The molecule has 0 unspecified atom stereocenters. The highest BCUT2D eigenvalue weighted by atomic mass is 19.1. The predicted molar refractivity (Wildman–Crippen MR) is 67.4 cm³/mol. The van der Waals surface area contributed by atoms with E-state index in [1.165, 1.54) is 18.2 Å². The maximum absolute atomic E-state index is 13.5. The van der Waals surface area contributed by atoms with Crippen molar-refractivity contribution in [2.45, 2.75) is 13.5 Å². The Hall–Kier alpha value is -2.41. The number of halogens is 1. The van der Waals surface area contributed by atoms with Crippen molar-refractivity contribution in [3.63, 3.8) is 0 Å². The average molecular weight is 241 g/mol. The van der Waals surface area contributed by atoms with Crippen LogP contribution in [-0.2, 0) is 6.54 Å². The van der Waals surface area contributed by atoms with Crippen LogP contribution in [0.2, 0.25) is 0 Å². The van der Waals surface area contributed by atoms with E-state index >= 15 is 0 Å². The van der Waals surface area contributed by atoms with Gasteiger partial charge in [-0.05, 0) is 37.3 Å². The summed E-state index contributed by atoms with van der Waals surface area (Å²) in [5, 5.41) is 11.8. The molecule has 0 saturated heterocycles. The van der Waals surface area contributed by atoms with Gasteiger partial charge in [0.15, 0.2) is 0 Å². The summed E-state index contributed by atoms with van der Waals surface area (Å²) < 4.78 is 13.5. The van der Waals surface area contributed by atoms with Crippen molar-refractivity contribution in [3.05, 3.63) is 59.0 Å². The van der Waals surface area contributed by atoms with E-state index in [1.807, 2.05) is 31.2 Å². The van der Waals surface area contributed by atoms with Crippen molar-refractivity contribution < 1.29 is 4.39 Å². The van der Waals surface area contributed by atoms with E-state index in [4.69, 9.17) is 5.26 Å². The van der Waals surface area contributed by atoms with Gasteiger partial charge >= 0.3 is 0 Å². The largest absolute Gasteiger partial charge is 0.366 e. The molecule has 0 atom stereocenters. The van der Waals surface area contributed by atoms with E-state index in [9.17, 15) is 4.39 Å². The molecule has 0 amide bonds. The molecule has 18 heavy (non-hydrogen) atoms. The Morgan fingerprint density at radius 3 is 2.89 bits per heavy atom. The molecule has 1 N–H and O–H groups in total. The molecule has 1 aromatic heterocycles. The molecule has 0 aliphatic heterocycles. The van der Waals surface area contributed by atoms with E-state index in [0.29, 0.717) is 23.5 Å². The summed E-state index contributed by atoms with van der Waals surface area (Å²) in [5.74, 6) is 0.367. The zero-order valence-electron chi connectivity index (χ0n) is 9.94. The van der Waals surface area contributed by atoms with E-state index in [0.717, 1.165) is 5.69 Å². The van der Waals surface area contributed by atoms with Crippen LogP contribution in [0.1, 0.15) is 16.8 Å². The van der Waals surface area contributed by atoms with Crippen molar-refractivity contribution in [2.24, 2.45) is 0 Å². The first-order valence-corrected chi connectivity index (χ1v) is 5.55. The highest BCUT2D eigenvalue weighted by molar-refractivity contribution is 5.39. The number of aryl methyl sites for hydroxylation is 1. The molecule has 4 heteroatoms. The third-order valence-electron chi connectivity index (χ3n) is 2.52. The third kappa shape index (κ3) is 2.83. The molecule has 0 spiro atoms. The highest BCUT2D eigenvalue weighted by Gasteiger charge is 2.04. The second-order valence-corrected chi connectivity index (χ2v) is 3.94. The van der Waals surface area contributed by atoms with Gasteiger partial charge in [-0.2, -0.15) is 5.26 Å². The van der Waals surface area contributed by atoms with Crippen LogP contribution in [-0.4, -0.2) is 4.98 Å². The number of anilines is 1. The first kappa shape index (κ1) is 12.1. The number of hydrogen-bond donors (Lipinski definition) is 1. The van der Waals surface area contributed by atoms with Gasteiger partial charge in [-0.15, -0.1) is 0 Å². The summed E-state index contributed by atoms with van der Waals surface area (Å²) in [7, 11) is 0. The lowest BCUT2D eigenvalue weighted by Gasteiger charge is -2.07. The Balaban J connectivity index is 2.13. The average Bonchev–Trinajstić information content (AvgIpc) is 2.38. The van der Waals surface area contributed by atoms with E-state index in [-0.39, 0.29) is 5.82 Å². The predicted octanol–water partition coefficient (Wildman–Crippen LogP) is 3.01. The van der Waals surface area contributed by atoms with Crippen LogP contribution in [0.15, 0.2) is 36.4 Å². The van der Waals surface area contributed by atoms with Crippen molar-refractivity contribution >= 4 is 5.82 Å². The Labute approximate surface area is 105 Å². The Morgan fingerprint density at radius 2 is 2.17 bits per heavy atom. The van der Waals surface area contributed by atoms with Crippen LogP contribution in [0, 0.1) is 24.1 Å². The monoisotopic (exact) mass is 241 g/mol. The van der Waals surface area contributed by atoms with Crippen LogP contribution >= 0.6 is 0 Å². The third-order valence-corrected chi connectivity index (χ3v) is 2.52. The van der Waals surface area contributed by atoms with Gasteiger partial charge in [0, 0.05) is 17.8 Å². The van der Waals surface area contributed by atoms with E-state index in [1.54, 1.807) is 0 Å². The number of nitrogens with one attached hydrogen (secondary N) is 1. The lowest BCUT2D eigenvalue weighted by atomic mass is 10.1. The Bertz CT molecular complexity index is 602. The maximum Gasteiger partial charge on any atom is 0.128 e. The van der Waals surface area contributed by atoms with Gasteiger partial charge in [0.2, 0.25) is 0 Å². The fraction of sp³-hybridized carbons (Fsp3) is 0.143. The summed E-state index contributed by atoms with van der Waals surface area (Å²) in [4.78, 5) is 4.26. The van der Waals surface area contributed by atoms with Gasteiger partial charge < -0.3 is 5.32 Å². The van der Waals surface area contributed by atoms with Crippen LogP contribution in [0.3, 0.4) is 0 Å². The lowest BCUT2D eigenvalue weighted by molar-refractivity contribution is 0.612. The number of benzene rings is 1. The fourth-order valence-corrected chi connectivity index (χ4v) is 1.61. The van der Waals surface area contributed by atoms with Crippen LogP contribution in [0.25, 0.3) is 0 Å². The second kappa shape index (κ2) is 5.28. The molecule has 0 fully saturated rings. The zero-order chi connectivity index (χ0) is 13.0. The Morgan fingerprint density at radius 1 is 1.33 bits per heavy atom. The number of pyridine rings is 1. The van der Waals surface area contributed by atoms with Crippen LogP contribution < -0.4 is 5.32 Å². The molecular weight excluding hydrogens is 229 g/mol. The zero-order valence-corrected chi connectivity index (χ0v) is 9.94. The standard InChI is InChI=1S/C14H12FN3/c1-10-3-2-4-14(18-10)17-9-12-7-11(8-16)5-6-13(12)15/h2-7H,9H2,1H3,(H,17,18). The molecule has 1 aromatic carbocycles. The van der Waals surface area contributed by atoms with Crippen molar-refractivity contribution in [2.75, 3.05) is 5.32 Å². The lowest BCUT2D eigenvalue weighted by Crippen LogP contribution is -2.04. The minimum atomic E-state index is -0.325. The Kier molecular flexibility index (Phi) is 3.54. The van der Waals surface area contributed by atoms with Gasteiger partial charge in [0.05, 0.1) is 11.6 Å². The van der Waals surface area contributed by atoms with E-state index < -0.39 is 0 Å².